The molecule has 3 N–H and O–H groups in total. The van der Waals surface area contributed by atoms with Crippen molar-refractivity contribution in [3.63, 3.8) is 0 Å². The average molecular weight is 329 g/mol. The molecule has 1 aromatic heterocycles. The second kappa shape index (κ2) is 6.82. The lowest BCUT2D eigenvalue weighted by Gasteiger charge is -2.16. The summed E-state index contributed by atoms with van der Waals surface area (Å²) in [6, 6.07) is 5.29. The number of fused-ring (bicyclic) bond motifs is 1. The number of aliphatic imine (C=N–C) groups is 1. The lowest BCUT2D eigenvalue weighted by atomic mass is 10.1. The molecule has 24 heavy (non-hydrogen) atoms. The van der Waals surface area contributed by atoms with Gasteiger partial charge in [-0.05, 0) is 35.8 Å². The molecule has 0 amide bonds. The van der Waals surface area contributed by atoms with Crippen LogP contribution >= 0.6 is 0 Å². The number of nitrogens with zero attached hydrogens (tertiary/aromatic N) is 3. The number of halogens is 1. The normalized spacial score (nSPS) is 14.8. The molecule has 0 radical (unpaired) electrons. The smallest absolute Gasteiger partial charge is 0.238 e. The fourth-order valence-corrected chi connectivity index (χ4v) is 2.63. The van der Waals surface area contributed by atoms with Crippen molar-refractivity contribution in [2.24, 2.45) is 15.9 Å². The van der Waals surface area contributed by atoms with E-state index in [0.717, 1.165) is 16.3 Å². The Morgan fingerprint density at radius 3 is 2.96 bits per heavy atom. The SMILES string of the molecule is CC(C)C[C@H](CF)Nc1nc(O)c(C=c2ccc3c(c2)N=CN=3)[nH]1. The number of alkyl halides is 1. The van der Waals surface area contributed by atoms with Gasteiger partial charge < -0.3 is 15.4 Å². The number of anilines is 1. The summed E-state index contributed by atoms with van der Waals surface area (Å²) in [4.78, 5) is 15.3. The molecular formula is C17H20FN5O. The summed E-state index contributed by atoms with van der Waals surface area (Å²) >= 11 is 0. The Bertz CT molecular complexity index is 872. The monoisotopic (exact) mass is 329 g/mol. The minimum Gasteiger partial charge on any atom is -0.492 e. The van der Waals surface area contributed by atoms with Crippen molar-refractivity contribution >= 4 is 24.1 Å². The van der Waals surface area contributed by atoms with Crippen LogP contribution in [-0.4, -0.2) is 34.1 Å². The van der Waals surface area contributed by atoms with Gasteiger partial charge in [0.15, 0.2) is 0 Å². The van der Waals surface area contributed by atoms with Crippen molar-refractivity contribution in [2.45, 2.75) is 26.3 Å². The maximum atomic E-state index is 13.1. The Morgan fingerprint density at radius 2 is 2.21 bits per heavy atom. The molecule has 3 rings (SSSR count). The van der Waals surface area contributed by atoms with E-state index in [1.54, 1.807) is 6.08 Å². The zero-order valence-corrected chi connectivity index (χ0v) is 13.6. The number of H-pyrrole nitrogens is 1. The Morgan fingerprint density at radius 1 is 1.38 bits per heavy atom. The van der Waals surface area contributed by atoms with Crippen LogP contribution in [0.4, 0.5) is 16.0 Å². The molecular weight excluding hydrogens is 309 g/mol. The zero-order chi connectivity index (χ0) is 17.1. The largest absolute Gasteiger partial charge is 0.492 e. The van der Waals surface area contributed by atoms with E-state index in [0.29, 0.717) is 24.0 Å². The van der Waals surface area contributed by atoms with Gasteiger partial charge in [-0.2, -0.15) is 4.98 Å². The van der Waals surface area contributed by atoms with Gasteiger partial charge in [0.25, 0.3) is 0 Å². The molecule has 0 bridgehead atoms. The first kappa shape index (κ1) is 16.2. The highest BCUT2D eigenvalue weighted by molar-refractivity contribution is 5.67. The molecule has 1 aromatic carbocycles. The highest BCUT2D eigenvalue weighted by Gasteiger charge is 2.14. The Kier molecular flexibility index (Phi) is 4.59. The van der Waals surface area contributed by atoms with Crippen LogP contribution in [0.15, 0.2) is 28.2 Å². The van der Waals surface area contributed by atoms with Gasteiger partial charge in [-0.25, -0.2) is 14.4 Å². The topological polar surface area (TPSA) is 85.7 Å². The predicted molar refractivity (Wildman–Crippen MR) is 92.0 cm³/mol. The van der Waals surface area contributed by atoms with Gasteiger partial charge >= 0.3 is 0 Å². The van der Waals surface area contributed by atoms with Crippen molar-refractivity contribution in [3.05, 3.63) is 34.5 Å². The van der Waals surface area contributed by atoms with E-state index >= 15 is 0 Å². The van der Waals surface area contributed by atoms with Gasteiger partial charge in [0.05, 0.1) is 17.1 Å². The van der Waals surface area contributed by atoms with E-state index < -0.39 is 6.67 Å². The lowest BCUT2D eigenvalue weighted by Crippen LogP contribution is -2.24. The Hall–Kier alpha value is -2.70. The number of benzene rings is 1. The van der Waals surface area contributed by atoms with Crippen molar-refractivity contribution in [1.82, 2.24) is 9.97 Å². The summed E-state index contributed by atoms with van der Waals surface area (Å²) in [5.74, 6) is 0.592. The molecule has 126 valence electrons. The number of hydrogen-bond acceptors (Lipinski definition) is 5. The molecule has 2 heterocycles. The van der Waals surface area contributed by atoms with E-state index in [-0.39, 0.29) is 11.9 Å². The molecule has 2 aromatic rings. The van der Waals surface area contributed by atoms with Crippen LogP contribution in [0.25, 0.3) is 6.08 Å². The first-order chi connectivity index (χ1) is 11.5. The van der Waals surface area contributed by atoms with E-state index in [2.05, 4.69) is 25.3 Å². The summed E-state index contributed by atoms with van der Waals surface area (Å²) in [7, 11) is 0. The summed E-state index contributed by atoms with van der Waals surface area (Å²) in [5, 5.41) is 14.7. The molecule has 0 unspecified atom stereocenters. The highest BCUT2D eigenvalue weighted by atomic mass is 19.1. The third kappa shape index (κ3) is 3.61. The van der Waals surface area contributed by atoms with Crippen LogP contribution < -0.4 is 15.9 Å². The molecule has 0 aliphatic carbocycles. The van der Waals surface area contributed by atoms with Crippen LogP contribution in [0.1, 0.15) is 26.0 Å². The molecule has 1 atom stereocenters. The standard InChI is InChI=1S/C17H20FN5O/c1-10(2)5-12(8-18)21-17-22-15(16(24)23-17)7-11-3-4-13-14(6-11)20-9-19-13/h3-4,6-7,9-10,12,24H,5,8H2,1-2H3,(H2,21,22,23)/t12-/m1/s1. The molecule has 1 aliphatic heterocycles. The first-order valence-electron chi connectivity index (χ1n) is 7.89. The maximum absolute atomic E-state index is 13.1. The first-order valence-corrected chi connectivity index (χ1v) is 7.89. The van der Waals surface area contributed by atoms with Crippen LogP contribution in [0, 0.1) is 5.92 Å². The van der Waals surface area contributed by atoms with Crippen molar-refractivity contribution in [1.29, 1.82) is 0 Å². The number of aromatic nitrogens is 2. The van der Waals surface area contributed by atoms with Crippen LogP contribution in [0.3, 0.4) is 0 Å². The van der Waals surface area contributed by atoms with Gasteiger partial charge in [0.2, 0.25) is 11.8 Å². The van der Waals surface area contributed by atoms with Crippen LogP contribution in [0.2, 0.25) is 0 Å². The van der Waals surface area contributed by atoms with Gasteiger partial charge in [-0.3, -0.25) is 0 Å². The number of hydrogen-bond donors (Lipinski definition) is 3. The summed E-state index contributed by atoms with van der Waals surface area (Å²) in [6.45, 7) is 3.57. The molecule has 7 heteroatoms. The number of rotatable bonds is 6. The zero-order valence-electron chi connectivity index (χ0n) is 13.6. The maximum Gasteiger partial charge on any atom is 0.238 e. The van der Waals surface area contributed by atoms with Crippen molar-refractivity contribution in [2.75, 3.05) is 12.0 Å². The quantitative estimate of drug-likeness (QED) is 0.758. The van der Waals surface area contributed by atoms with Gasteiger partial charge in [-0.1, -0.05) is 19.9 Å². The Balaban J connectivity index is 1.83. The summed E-state index contributed by atoms with van der Waals surface area (Å²) in [5.41, 5.74) is 1.24. The minimum absolute atomic E-state index is 0.131. The van der Waals surface area contributed by atoms with E-state index in [4.69, 9.17) is 0 Å². The molecule has 6 nitrogen and oxygen atoms in total. The fourth-order valence-electron chi connectivity index (χ4n) is 2.63. The van der Waals surface area contributed by atoms with Crippen LogP contribution in [-0.2, 0) is 0 Å². The average Bonchev–Trinajstić information content (AvgIpc) is 3.12. The minimum atomic E-state index is -0.495. The highest BCUT2D eigenvalue weighted by Crippen LogP contribution is 2.19. The van der Waals surface area contributed by atoms with Gasteiger partial charge in [0.1, 0.15) is 18.7 Å². The second-order valence-corrected chi connectivity index (χ2v) is 6.21. The van der Waals surface area contributed by atoms with Crippen molar-refractivity contribution in [3.8, 4) is 5.88 Å². The number of aromatic amines is 1. The molecule has 1 aliphatic rings. The molecule has 0 spiro atoms. The van der Waals surface area contributed by atoms with Crippen LogP contribution in [0.5, 0.6) is 5.88 Å². The van der Waals surface area contributed by atoms with Crippen molar-refractivity contribution < 1.29 is 9.50 Å². The van der Waals surface area contributed by atoms with Gasteiger partial charge in [0, 0.05) is 0 Å². The molecule has 0 fully saturated rings. The predicted octanol–water partition coefficient (Wildman–Crippen LogP) is 2.03. The second-order valence-electron chi connectivity index (χ2n) is 6.21. The third-order valence-corrected chi connectivity index (χ3v) is 3.70. The summed E-state index contributed by atoms with van der Waals surface area (Å²) in [6.07, 6.45) is 3.95. The fraction of sp³-hybridized carbons (Fsp3) is 0.353. The Labute approximate surface area is 138 Å². The molecule has 0 saturated heterocycles. The van der Waals surface area contributed by atoms with E-state index in [1.165, 1.54) is 6.34 Å². The third-order valence-electron chi connectivity index (χ3n) is 3.70. The number of nitrogens with one attached hydrogen (secondary N) is 2. The van der Waals surface area contributed by atoms with E-state index in [9.17, 15) is 9.50 Å². The number of aromatic hydroxyl groups is 1. The van der Waals surface area contributed by atoms with E-state index in [1.807, 2.05) is 32.0 Å². The van der Waals surface area contributed by atoms with Gasteiger partial charge in [-0.15, -0.1) is 0 Å². The summed E-state index contributed by atoms with van der Waals surface area (Å²) < 4.78 is 13.1. The molecule has 0 saturated carbocycles. The number of imidazole rings is 1. The lowest BCUT2D eigenvalue weighted by molar-refractivity contribution is 0.396.